The lowest BCUT2D eigenvalue weighted by atomic mass is 10.2. The van der Waals surface area contributed by atoms with Crippen LogP contribution in [0.1, 0.15) is 32.6 Å². The minimum Gasteiger partial charge on any atom is -0.328 e. The molecule has 0 spiro atoms. The number of nitrogens with one attached hydrogen (secondary N) is 1. The fourth-order valence-electron chi connectivity index (χ4n) is 1.94. The molecule has 2 rings (SSSR count). The van der Waals surface area contributed by atoms with E-state index in [0.29, 0.717) is 11.5 Å². The molecule has 8 heteroatoms. The molecule has 2 aromatic rings. The highest BCUT2D eigenvalue weighted by atomic mass is 35.5. The van der Waals surface area contributed by atoms with E-state index >= 15 is 0 Å². The second-order valence-corrected chi connectivity index (χ2v) is 8.45. The van der Waals surface area contributed by atoms with Gasteiger partial charge in [-0.3, -0.25) is 0 Å². The zero-order chi connectivity index (χ0) is 17.2. The lowest BCUT2D eigenvalue weighted by Gasteiger charge is -2.23. The SMILES string of the molecule is CC(C)(C)S(=O)N[C@@H](CN)c1nccn1-c1ccc(F)c(Cl)c1. The summed E-state index contributed by atoms with van der Waals surface area (Å²) in [6, 6.07) is 3.99. The highest BCUT2D eigenvalue weighted by Gasteiger charge is 2.25. The predicted molar refractivity (Wildman–Crippen MR) is 91.4 cm³/mol. The number of aromatic nitrogens is 2. The maximum atomic E-state index is 13.3. The second kappa shape index (κ2) is 7.09. The number of imidazole rings is 1. The molecule has 0 aliphatic heterocycles. The number of nitrogens with zero attached hydrogens (tertiary/aromatic N) is 2. The molecule has 3 N–H and O–H groups in total. The molecule has 0 bridgehead atoms. The van der Waals surface area contributed by atoms with Gasteiger partial charge in [0.25, 0.3) is 0 Å². The molecule has 23 heavy (non-hydrogen) atoms. The van der Waals surface area contributed by atoms with Crippen LogP contribution in [0.15, 0.2) is 30.6 Å². The van der Waals surface area contributed by atoms with Crippen LogP contribution in [0.25, 0.3) is 5.69 Å². The fraction of sp³-hybridized carbons (Fsp3) is 0.400. The van der Waals surface area contributed by atoms with Crippen LogP contribution in [-0.2, 0) is 11.0 Å². The van der Waals surface area contributed by atoms with E-state index in [0.717, 1.165) is 0 Å². The van der Waals surface area contributed by atoms with Gasteiger partial charge in [0.05, 0.1) is 26.8 Å². The average molecular weight is 359 g/mol. The molecule has 5 nitrogen and oxygen atoms in total. The molecule has 1 aromatic heterocycles. The maximum Gasteiger partial charge on any atom is 0.141 e. The van der Waals surface area contributed by atoms with Crippen molar-refractivity contribution in [3.8, 4) is 5.69 Å². The Morgan fingerprint density at radius 2 is 2.17 bits per heavy atom. The molecule has 0 fully saturated rings. The average Bonchev–Trinajstić information content (AvgIpc) is 2.95. The summed E-state index contributed by atoms with van der Waals surface area (Å²) < 4.78 is 30.0. The van der Waals surface area contributed by atoms with Gasteiger partial charge in [0, 0.05) is 24.6 Å². The first-order chi connectivity index (χ1) is 10.7. The van der Waals surface area contributed by atoms with Gasteiger partial charge in [-0.25, -0.2) is 18.3 Å². The third kappa shape index (κ3) is 4.17. The zero-order valence-corrected chi connectivity index (χ0v) is 14.8. The standard InChI is InChI=1S/C15H20ClFN4OS/c1-15(2,3)23(22)20-13(9-18)14-19-6-7-21(14)10-4-5-12(17)11(16)8-10/h4-8,13,20H,9,18H2,1-3H3/t13-,23?/m0/s1. The van der Waals surface area contributed by atoms with Crippen molar-refractivity contribution in [2.24, 2.45) is 5.73 Å². The Hall–Kier alpha value is -1.28. The molecule has 1 unspecified atom stereocenters. The lowest BCUT2D eigenvalue weighted by Crippen LogP contribution is -2.39. The molecule has 0 saturated heterocycles. The third-order valence-corrected chi connectivity index (χ3v) is 5.10. The first-order valence-corrected chi connectivity index (χ1v) is 8.63. The van der Waals surface area contributed by atoms with Gasteiger partial charge in [0.1, 0.15) is 11.6 Å². The quantitative estimate of drug-likeness (QED) is 0.863. The highest BCUT2D eigenvalue weighted by molar-refractivity contribution is 7.84. The van der Waals surface area contributed by atoms with E-state index in [2.05, 4.69) is 9.71 Å². The van der Waals surface area contributed by atoms with Gasteiger partial charge < -0.3 is 10.3 Å². The van der Waals surface area contributed by atoms with Gasteiger partial charge >= 0.3 is 0 Å². The Balaban J connectivity index is 2.35. The number of hydrogen-bond acceptors (Lipinski definition) is 3. The first-order valence-electron chi connectivity index (χ1n) is 7.11. The summed E-state index contributed by atoms with van der Waals surface area (Å²) in [5, 5.41) is 0.0256. The van der Waals surface area contributed by atoms with Crippen LogP contribution in [0, 0.1) is 5.82 Å². The minimum absolute atomic E-state index is 0.0256. The van der Waals surface area contributed by atoms with Crippen molar-refractivity contribution >= 4 is 22.6 Å². The van der Waals surface area contributed by atoms with E-state index in [-0.39, 0.29) is 11.6 Å². The maximum absolute atomic E-state index is 13.3. The fourth-order valence-corrected chi connectivity index (χ4v) is 2.93. The van der Waals surface area contributed by atoms with Gasteiger partial charge in [0.15, 0.2) is 0 Å². The van der Waals surface area contributed by atoms with Crippen LogP contribution in [-0.4, -0.2) is 25.1 Å². The van der Waals surface area contributed by atoms with Crippen molar-refractivity contribution in [3.05, 3.63) is 47.3 Å². The van der Waals surface area contributed by atoms with Crippen LogP contribution < -0.4 is 10.5 Å². The molecule has 1 heterocycles. The third-order valence-electron chi connectivity index (χ3n) is 3.20. The molecule has 0 amide bonds. The first kappa shape index (κ1) is 18.1. The molecule has 0 aliphatic carbocycles. The smallest absolute Gasteiger partial charge is 0.141 e. The van der Waals surface area contributed by atoms with E-state index in [9.17, 15) is 8.60 Å². The monoisotopic (exact) mass is 358 g/mol. The van der Waals surface area contributed by atoms with Crippen LogP contribution in [0.3, 0.4) is 0 Å². The van der Waals surface area contributed by atoms with Gasteiger partial charge in [0.2, 0.25) is 0 Å². The Kier molecular flexibility index (Phi) is 5.57. The molecule has 0 saturated carbocycles. The summed E-state index contributed by atoms with van der Waals surface area (Å²) >= 11 is 5.84. The van der Waals surface area contributed by atoms with Crippen molar-refractivity contribution in [3.63, 3.8) is 0 Å². The number of benzene rings is 1. The Morgan fingerprint density at radius 1 is 1.48 bits per heavy atom. The Labute approximate surface area is 142 Å². The predicted octanol–water partition coefficient (Wildman–Crippen LogP) is 2.72. The zero-order valence-electron chi connectivity index (χ0n) is 13.2. The van der Waals surface area contributed by atoms with Crippen LogP contribution in [0.5, 0.6) is 0 Å². The Bertz CT molecular complexity index is 714. The summed E-state index contributed by atoms with van der Waals surface area (Å²) in [5.74, 6) is 0.104. The molecule has 0 radical (unpaired) electrons. The van der Waals surface area contributed by atoms with E-state index < -0.39 is 27.6 Å². The summed E-state index contributed by atoms with van der Waals surface area (Å²) in [6.45, 7) is 5.83. The number of nitrogens with two attached hydrogens (primary N) is 1. The van der Waals surface area contributed by atoms with Gasteiger partial charge in [-0.2, -0.15) is 0 Å². The molecule has 2 atom stereocenters. The van der Waals surface area contributed by atoms with Crippen molar-refractivity contribution in [1.29, 1.82) is 0 Å². The lowest BCUT2D eigenvalue weighted by molar-refractivity contribution is 0.579. The van der Waals surface area contributed by atoms with Crippen LogP contribution >= 0.6 is 11.6 Å². The van der Waals surface area contributed by atoms with Crippen molar-refractivity contribution < 1.29 is 8.60 Å². The van der Waals surface area contributed by atoms with Gasteiger partial charge in [-0.1, -0.05) is 11.6 Å². The molecule has 0 aliphatic rings. The molecular weight excluding hydrogens is 339 g/mol. The number of hydrogen-bond donors (Lipinski definition) is 2. The van der Waals surface area contributed by atoms with Gasteiger partial charge in [-0.05, 0) is 39.0 Å². The Morgan fingerprint density at radius 3 is 2.74 bits per heavy atom. The summed E-state index contributed by atoms with van der Waals surface area (Å²) in [5.41, 5.74) is 6.48. The van der Waals surface area contributed by atoms with Crippen molar-refractivity contribution in [2.75, 3.05) is 6.54 Å². The summed E-state index contributed by atoms with van der Waals surface area (Å²) in [6.07, 6.45) is 3.33. The van der Waals surface area contributed by atoms with E-state index in [1.165, 1.54) is 12.1 Å². The summed E-state index contributed by atoms with van der Waals surface area (Å²) in [7, 11) is -1.29. The van der Waals surface area contributed by atoms with Crippen LogP contribution in [0.2, 0.25) is 5.02 Å². The number of halogens is 2. The molecular formula is C15H20ClFN4OS. The summed E-state index contributed by atoms with van der Waals surface area (Å²) in [4.78, 5) is 4.30. The second-order valence-electron chi connectivity index (χ2n) is 6.04. The van der Waals surface area contributed by atoms with Gasteiger partial charge in [-0.15, -0.1) is 0 Å². The largest absolute Gasteiger partial charge is 0.328 e. The van der Waals surface area contributed by atoms with E-state index in [4.69, 9.17) is 17.3 Å². The highest BCUT2D eigenvalue weighted by Crippen LogP contribution is 2.22. The van der Waals surface area contributed by atoms with Crippen LogP contribution in [0.4, 0.5) is 4.39 Å². The topological polar surface area (TPSA) is 72.9 Å². The van der Waals surface area contributed by atoms with Crippen molar-refractivity contribution in [1.82, 2.24) is 14.3 Å². The normalized spacial score (nSPS) is 14.7. The molecule has 1 aromatic carbocycles. The van der Waals surface area contributed by atoms with Crippen molar-refractivity contribution in [2.45, 2.75) is 31.6 Å². The minimum atomic E-state index is -1.29. The van der Waals surface area contributed by atoms with E-state index in [1.54, 1.807) is 23.0 Å². The molecule has 126 valence electrons. The van der Waals surface area contributed by atoms with E-state index in [1.807, 2.05) is 20.8 Å². The number of rotatable bonds is 5.